The molecule has 1 heterocycles. The molecule has 2 rings (SSSR count). The average Bonchev–Trinajstić information content (AvgIpc) is 2.50. The van der Waals surface area contributed by atoms with E-state index in [1.54, 1.807) is 13.2 Å². The van der Waals surface area contributed by atoms with Crippen LogP contribution in [-0.2, 0) is 6.54 Å². The summed E-state index contributed by atoms with van der Waals surface area (Å²) in [5.41, 5.74) is 0.874. The van der Waals surface area contributed by atoms with Crippen LogP contribution in [0.25, 0.3) is 0 Å². The van der Waals surface area contributed by atoms with Gasteiger partial charge in [-0.1, -0.05) is 6.92 Å². The highest BCUT2D eigenvalue weighted by atomic mass is 79.9. The van der Waals surface area contributed by atoms with Crippen LogP contribution in [0, 0.1) is 0 Å². The molecule has 0 bridgehead atoms. The number of nitrogens with zero attached hydrogens (tertiary/aromatic N) is 2. The average molecular weight is 417 g/mol. The summed E-state index contributed by atoms with van der Waals surface area (Å²) in [6.07, 6.45) is 0. The maximum absolute atomic E-state index is 5.72. The number of methoxy groups -OCH3 is 1. The van der Waals surface area contributed by atoms with E-state index in [0.717, 1.165) is 26.9 Å². The summed E-state index contributed by atoms with van der Waals surface area (Å²) in [6.45, 7) is 3.64. The number of hydrogen-bond donors (Lipinski definition) is 1. The third-order valence-electron chi connectivity index (χ3n) is 2.67. The molecule has 0 aliphatic heterocycles. The first-order valence-corrected chi connectivity index (χ1v) is 7.96. The summed E-state index contributed by atoms with van der Waals surface area (Å²) in [7, 11) is 1.61. The van der Waals surface area contributed by atoms with Crippen molar-refractivity contribution >= 4 is 31.9 Å². The van der Waals surface area contributed by atoms with E-state index in [9.17, 15) is 0 Å². The van der Waals surface area contributed by atoms with Gasteiger partial charge in [-0.3, -0.25) is 0 Å². The molecule has 0 saturated carbocycles. The van der Waals surface area contributed by atoms with Gasteiger partial charge in [-0.05, 0) is 56.6 Å². The van der Waals surface area contributed by atoms with Crippen molar-refractivity contribution in [2.45, 2.75) is 13.5 Å². The fourth-order valence-electron chi connectivity index (χ4n) is 1.61. The molecule has 0 fully saturated rings. The molecule has 0 aliphatic rings. The van der Waals surface area contributed by atoms with Crippen molar-refractivity contribution in [1.29, 1.82) is 0 Å². The summed E-state index contributed by atoms with van der Waals surface area (Å²) >= 11 is 6.87. The van der Waals surface area contributed by atoms with Gasteiger partial charge in [0.15, 0.2) is 0 Å². The SMILES string of the molecule is CCNCc1ccc(Oc2cc(Br)c(OC)cc2Br)nn1. The number of aromatic nitrogens is 2. The second-order valence-electron chi connectivity index (χ2n) is 4.16. The van der Waals surface area contributed by atoms with Gasteiger partial charge in [0.05, 0.1) is 21.7 Å². The summed E-state index contributed by atoms with van der Waals surface area (Å²) in [4.78, 5) is 0. The first kappa shape index (κ1) is 16.2. The first-order valence-electron chi connectivity index (χ1n) is 6.38. The van der Waals surface area contributed by atoms with Crippen molar-refractivity contribution in [3.63, 3.8) is 0 Å². The quantitative estimate of drug-likeness (QED) is 0.773. The Morgan fingerprint density at radius 2 is 1.81 bits per heavy atom. The zero-order chi connectivity index (χ0) is 15.2. The fraction of sp³-hybridized carbons (Fsp3) is 0.286. The van der Waals surface area contributed by atoms with Crippen LogP contribution in [0.2, 0.25) is 0 Å². The van der Waals surface area contributed by atoms with E-state index >= 15 is 0 Å². The summed E-state index contributed by atoms with van der Waals surface area (Å²) in [6, 6.07) is 7.32. The normalized spacial score (nSPS) is 10.5. The lowest BCUT2D eigenvalue weighted by Crippen LogP contribution is -2.13. The molecular formula is C14H15Br2N3O2. The Bertz CT molecular complexity index is 606. The second kappa shape index (κ2) is 7.72. The summed E-state index contributed by atoms with van der Waals surface area (Å²) < 4.78 is 12.5. The van der Waals surface area contributed by atoms with Gasteiger partial charge in [0.1, 0.15) is 11.5 Å². The maximum atomic E-state index is 5.72. The number of hydrogen-bond acceptors (Lipinski definition) is 5. The van der Waals surface area contributed by atoms with Gasteiger partial charge >= 0.3 is 0 Å². The van der Waals surface area contributed by atoms with E-state index in [-0.39, 0.29) is 0 Å². The molecular weight excluding hydrogens is 402 g/mol. The molecule has 0 amide bonds. The minimum atomic E-state index is 0.438. The second-order valence-corrected chi connectivity index (χ2v) is 5.87. The summed E-state index contributed by atoms with van der Waals surface area (Å²) in [5.74, 6) is 1.80. The molecule has 0 radical (unpaired) electrons. The van der Waals surface area contributed by atoms with Crippen LogP contribution in [0.3, 0.4) is 0 Å². The Morgan fingerprint density at radius 1 is 1.10 bits per heavy atom. The third kappa shape index (κ3) is 4.39. The van der Waals surface area contributed by atoms with Gasteiger partial charge in [0.25, 0.3) is 0 Å². The molecule has 1 aromatic carbocycles. The van der Waals surface area contributed by atoms with E-state index in [4.69, 9.17) is 9.47 Å². The Kier molecular flexibility index (Phi) is 5.96. The molecule has 21 heavy (non-hydrogen) atoms. The van der Waals surface area contributed by atoms with E-state index in [0.29, 0.717) is 18.2 Å². The minimum absolute atomic E-state index is 0.438. The van der Waals surface area contributed by atoms with Crippen LogP contribution in [0.4, 0.5) is 0 Å². The molecule has 5 nitrogen and oxygen atoms in total. The van der Waals surface area contributed by atoms with Crippen molar-refractivity contribution in [3.8, 4) is 17.4 Å². The summed E-state index contributed by atoms with van der Waals surface area (Å²) in [5, 5.41) is 11.4. The number of benzene rings is 1. The zero-order valence-electron chi connectivity index (χ0n) is 11.7. The van der Waals surface area contributed by atoms with Crippen molar-refractivity contribution < 1.29 is 9.47 Å². The molecule has 0 unspecified atom stereocenters. The maximum Gasteiger partial charge on any atom is 0.238 e. The molecule has 1 N–H and O–H groups in total. The van der Waals surface area contributed by atoms with Crippen LogP contribution in [0.1, 0.15) is 12.6 Å². The van der Waals surface area contributed by atoms with Crippen LogP contribution in [-0.4, -0.2) is 23.9 Å². The van der Waals surface area contributed by atoms with Gasteiger partial charge in [-0.2, -0.15) is 5.10 Å². The monoisotopic (exact) mass is 415 g/mol. The molecule has 0 aliphatic carbocycles. The van der Waals surface area contributed by atoms with Gasteiger partial charge in [0, 0.05) is 12.6 Å². The van der Waals surface area contributed by atoms with Gasteiger partial charge < -0.3 is 14.8 Å². The molecule has 7 heteroatoms. The van der Waals surface area contributed by atoms with E-state index < -0.39 is 0 Å². The zero-order valence-corrected chi connectivity index (χ0v) is 14.9. The third-order valence-corrected chi connectivity index (χ3v) is 3.91. The number of nitrogens with one attached hydrogen (secondary N) is 1. The number of rotatable bonds is 6. The molecule has 0 saturated heterocycles. The minimum Gasteiger partial charge on any atom is -0.496 e. The molecule has 2 aromatic rings. The van der Waals surface area contributed by atoms with E-state index in [1.165, 1.54) is 0 Å². The Balaban J connectivity index is 2.12. The fourth-order valence-corrected chi connectivity index (χ4v) is 2.49. The van der Waals surface area contributed by atoms with Crippen LogP contribution < -0.4 is 14.8 Å². The van der Waals surface area contributed by atoms with Crippen molar-refractivity contribution in [2.75, 3.05) is 13.7 Å². The lowest BCUT2D eigenvalue weighted by atomic mass is 10.3. The van der Waals surface area contributed by atoms with Crippen molar-refractivity contribution in [3.05, 3.63) is 38.9 Å². The van der Waals surface area contributed by atoms with Crippen molar-refractivity contribution in [1.82, 2.24) is 15.5 Å². The van der Waals surface area contributed by atoms with Gasteiger partial charge in [-0.25, -0.2) is 0 Å². The Morgan fingerprint density at radius 3 is 2.43 bits per heavy atom. The highest BCUT2D eigenvalue weighted by Crippen LogP contribution is 2.37. The molecule has 0 spiro atoms. The number of ether oxygens (including phenoxy) is 2. The van der Waals surface area contributed by atoms with Gasteiger partial charge in [-0.15, -0.1) is 5.10 Å². The molecule has 112 valence electrons. The van der Waals surface area contributed by atoms with E-state index in [2.05, 4.69) is 47.4 Å². The van der Waals surface area contributed by atoms with Crippen LogP contribution in [0.5, 0.6) is 17.4 Å². The largest absolute Gasteiger partial charge is 0.496 e. The predicted molar refractivity (Wildman–Crippen MR) is 87.9 cm³/mol. The van der Waals surface area contributed by atoms with Crippen molar-refractivity contribution in [2.24, 2.45) is 0 Å². The Hall–Kier alpha value is -1.18. The highest BCUT2D eigenvalue weighted by molar-refractivity contribution is 9.11. The first-order chi connectivity index (χ1) is 10.1. The van der Waals surface area contributed by atoms with Gasteiger partial charge in [0.2, 0.25) is 5.88 Å². The Labute approximate surface area is 140 Å². The van der Waals surface area contributed by atoms with Crippen LogP contribution in [0.15, 0.2) is 33.2 Å². The topological polar surface area (TPSA) is 56.3 Å². The molecule has 0 atom stereocenters. The lowest BCUT2D eigenvalue weighted by Gasteiger charge is -2.10. The molecule has 1 aromatic heterocycles. The highest BCUT2D eigenvalue weighted by Gasteiger charge is 2.10. The number of halogens is 2. The van der Waals surface area contributed by atoms with Crippen LogP contribution >= 0.6 is 31.9 Å². The standard InChI is InChI=1S/C14H15Br2N3O2/c1-3-17-8-9-4-5-14(19-18-9)21-13-7-10(15)12(20-2)6-11(13)16/h4-7,17H,3,8H2,1-2H3. The predicted octanol–water partition coefficient (Wildman–Crippen LogP) is 3.91. The smallest absolute Gasteiger partial charge is 0.238 e. The lowest BCUT2D eigenvalue weighted by molar-refractivity contribution is 0.408. The van der Waals surface area contributed by atoms with E-state index in [1.807, 2.05) is 25.1 Å².